The second-order valence-electron chi connectivity index (χ2n) is 7.22. The maximum Gasteiger partial charge on any atom is 0.0885 e. The van der Waals surface area contributed by atoms with Crippen LogP contribution >= 0.6 is 8.15 Å². The Bertz CT molecular complexity index is 703. The summed E-state index contributed by atoms with van der Waals surface area (Å²) in [7, 11) is -1.34. The van der Waals surface area contributed by atoms with Crippen LogP contribution in [0.2, 0.25) is 0 Å². The van der Waals surface area contributed by atoms with Gasteiger partial charge in [-0.2, -0.15) is 0 Å². The highest BCUT2D eigenvalue weighted by atomic mass is 31.1. The van der Waals surface area contributed by atoms with E-state index in [2.05, 4.69) is 70.7 Å². The first-order valence-corrected chi connectivity index (χ1v) is 10.6. The average molecular weight is 354 g/mol. The predicted molar refractivity (Wildman–Crippen MR) is 113 cm³/mol. The minimum Gasteiger partial charge on any atom is -0.364 e. The lowest BCUT2D eigenvalue weighted by Gasteiger charge is -2.24. The molecular weight excluding hydrogens is 323 g/mol. The fourth-order valence-corrected chi connectivity index (χ4v) is 5.34. The Morgan fingerprint density at radius 1 is 0.960 bits per heavy atom. The summed E-state index contributed by atoms with van der Waals surface area (Å²) in [5.74, 6) is 0.807. The molecule has 25 heavy (non-hydrogen) atoms. The van der Waals surface area contributed by atoms with Crippen LogP contribution in [0.15, 0.2) is 55.1 Å². The summed E-state index contributed by atoms with van der Waals surface area (Å²) in [6, 6.07) is 14.9. The maximum atomic E-state index is 11.4. The van der Waals surface area contributed by atoms with E-state index in [1.807, 2.05) is 12.1 Å². The van der Waals surface area contributed by atoms with Crippen molar-refractivity contribution >= 4 is 18.8 Å². The Kier molecular flexibility index (Phi) is 7.41. The van der Waals surface area contributed by atoms with Gasteiger partial charge in [-0.1, -0.05) is 76.2 Å². The summed E-state index contributed by atoms with van der Waals surface area (Å²) in [5.41, 5.74) is 3.83. The summed E-state index contributed by atoms with van der Waals surface area (Å²) in [6.07, 6.45) is 5.05. The molecule has 0 aliphatic heterocycles. The van der Waals surface area contributed by atoms with Crippen molar-refractivity contribution in [2.24, 2.45) is 0 Å². The SMILES string of the molecule is C=CCCCc1cccc(C(C)C)c1P(O)c1ccccc1C(C)C. The summed E-state index contributed by atoms with van der Waals surface area (Å²) < 4.78 is 0. The van der Waals surface area contributed by atoms with E-state index in [9.17, 15) is 4.89 Å². The van der Waals surface area contributed by atoms with Crippen molar-refractivity contribution in [1.29, 1.82) is 0 Å². The van der Waals surface area contributed by atoms with Crippen LogP contribution in [0.25, 0.3) is 0 Å². The van der Waals surface area contributed by atoms with Crippen LogP contribution in [0.5, 0.6) is 0 Å². The topological polar surface area (TPSA) is 20.2 Å². The van der Waals surface area contributed by atoms with Gasteiger partial charge in [-0.05, 0) is 47.8 Å². The van der Waals surface area contributed by atoms with Gasteiger partial charge in [0.1, 0.15) is 0 Å². The van der Waals surface area contributed by atoms with E-state index in [0.29, 0.717) is 11.8 Å². The number of benzene rings is 2. The van der Waals surface area contributed by atoms with E-state index < -0.39 is 8.15 Å². The lowest BCUT2D eigenvalue weighted by Crippen LogP contribution is -2.23. The Hall–Kier alpha value is -1.43. The van der Waals surface area contributed by atoms with Gasteiger partial charge in [-0.15, -0.1) is 6.58 Å². The molecule has 2 aromatic rings. The van der Waals surface area contributed by atoms with Crippen LogP contribution in [0.4, 0.5) is 0 Å². The van der Waals surface area contributed by atoms with Crippen molar-refractivity contribution in [1.82, 2.24) is 0 Å². The Morgan fingerprint density at radius 2 is 1.60 bits per heavy atom. The number of aryl methyl sites for hydroxylation is 1. The van der Waals surface area contributed by atoms with Gasteiger partial charge in [0.2, 0.25) is 0 Å². The van der Waals surface area contributed by atoms with Gasteiger partial charge >= 0.3 is 0 Å². The van der Waals surface area contributed by atoms with Crippen molar-refractivity contribution in [3.05, 3.63) is 71.8 Å². The molecule has 0 heterocycles. The molecule has 134 valence electrons. The van der Waals surface area contributed by atoms with E-state index in [0.717, 1.165) is 24.6 Å². The van der Waals surface area contributed by atoms with E-state index in [1.165, 1.54) is 22.0 Å². The molecule has 0 saturated heterocycles. The Labute approximate surface area is 154 Å². The van der Waals surface area contributed by atoms with E-state index in [-0.39, 0.29) is 0 Å². The molecule has 2 aromatic carbocycles. The predicted octanol–water partition coefficient (Wildman–Crippen LogP) is 5.78. The standard InChI is InChI=1S/C23H31OP/c1-6-7-8-12-19-13-11-15-21(18(4)5)23(19)25(24)22-16-10-9-14-20(22)17(2)3/h6,9-11,13-18,24H,1,7-8,12H2,2-5H3. The summed E-state index contributed by atoms with van der Waals surface area (Å²) in [6.45, 7) is 12.6. The normalized spacial score (nSPS) is 12.6. The molecule has 2 heteroatoms. The van der Waals surface area contributed by atoms with Crippen molar-refractivity contribution in [2.45, 2.75) is 58.8 Å². The first kappa shape index (κ1) is 19.9. The number of unbranched alkanes of at least 4 members (excludes halogenated alkanes) is 1. The lowest BCUT2D eigenvalue weighted by molar-refractivity contribution is 0.642. The number of allylic oxidation sites excluding steroid dienone is 1. The molecular formula is C23H31OP. The highest BCUT2D eigenvalue weighted by Crippen LogP contribution is 2.36. The van der Waals surface area contributed by atoms with E-state index >= 15 is 0 Å². The summed E-state index contributed by atoms with van der Waals surface area (Å²) in [5, 5.41) is 2.27. The van der Waals surface area contributed by atoms with Gasteiger partial charge in [0, 0.05) is 10.6 Å². The minimum absolute atomic E-state index is 0.401. The molecule has 0 bridgehead atoms. The zero-order chi connectivity index (χ0) is 18.4. The largest absolute Gasteiger partial charge is 0.364 e. The maximum absolute atomic E-state index is 11.4. The molecule has 0 aromatic heterocycles. The first-order chi connectivity index (χ1) is 12.0. The molecule has 1 atom stereocenters. The van der Waals surface area contributed by atoms with E-state index in [4.69, 9.17) is 0 Å². The van der Waals surface area contributed by atoms with Gasteiger partial charge in [-0.25, -0.2) is 0 Å². The molecule has 0 spiro atoms. The lowest BCUT2D eigenvalue weighted by atomic mass is 9.98. The van der Waals surface area contributed by atoms with Gasteiger partial charge in [0.25, 0.3) is 0 Å². The monoisotopic (exact) mass is 354 g/mol. The second kappa shape index (κ2) is 9.32. The molecule has 1 N–H and O–H groups in total. The highest BCUT2D eigenvalue weighted by Gasteiger charge is 2.23. The van der Waals surface area contributed by atoms with Gasteiger partial charge in [0.05, 0.1) is 8.15 Å². The minimum atomic E-state index is -1.34. The number of rotatable bonds is 8. The fourth-order valence-electron chi connectivity index (χ4n) is 3.26. The number of hydrogen-bond acceptors (Lipinski definition) is 1. The van der Waals surface area contributed by atoms with Crippen molar-refractivity contribution in [3.63, 3.8) is 0 Å². The Morgan fingerprint density at radius 3 is 2.24 bits per heavy atom. The molecule has 0 saturated carbocycles. The molecule has 0 aliphatic rings. The fraction of sp³-hybridized carbons (Fsp3) is 0.391. The third kappa shape index (κ3) is 4.81. The van der Waals surface area contributed by atoms with Crippen molar-refractivity contribution in [3.8, 4) is 0 Å². The summed E-state index contributed by atoms with van der Waals surface area (Å²) >= 11 is 0. The molecule has 0 fully saturated rings. The Balaban J connectivity index is 2.53. The van der Waals surface area contributed by atoms with Crippen LogP contribution in [0.3, 0.4) is 0 Å². The second-order valence-corrected chi connectivity index (χ2v) is 8.77. The quantitative estimate of drug-likeness (QED) is 0.362. The zero-order valence-electron chi connectivity index (χ0n) is 16.0. The number of hydrogen-bond donors (Lipinski definition) is 1. The smallest absolute Gasteiger partial charge is 0.0885 e. The van der Waals surface area contributed by atoms with E-state index in [1.54, 1.807) is 0 Å². The van der Waals surface area contributed by atoms with Crippen LogP contribution in [-0.2, 0) is 6.42 Å². The zero-order valence-corrected chi connectivity index (χ0v) is 16.9. The molecule has 2 rings (SSSR count). The molecule has 0 aliphatic carbocycles. The highest BCUT2D eigenvalue weighted by molar-refractivity contribution is 7.68. The van der Waals surface area contributed by atoms with Gasteiger partial charge < -0.3 is 4.89 Å². The van der Waals surface area contributed by atoms with Crippen LogP contribution in [0, 0.1) is 0 Å². The average Bonchev–Trinajstić information content (AvgIpc) is 2.61. The van der Waals surface area contributed by atoms with Crippen molar-refractivity contribution in [2.75, 3.05) is 0 Å². The third-order valence-corrected chi connectivity index (χ3v) is 6.46. The third-order valence-electron chi connectivity index (χ3n) is 4.63. The van der Waals surface area contributed by atoms with Gasteiger partial charge in [-0.3, -0.25) is 0 Å². The molecule has 0 amide bonds. The van der Waals surface area contributed by atoms with Crippen LogP contribution < -0.4 is 10.6 Å². The van der Waals surface area contributed by atoms with Crippen molar-refractivity contribution < 1.29 is 4.89 Å². The van der Waals surface area contributed by atoms with Crippen LogP contribution in [-0.4, -0.2) is 4.89 Å². The molecule has 0 radical (unpaired) electrons. The molecule has 1 nitrogen and oxygen atoms in total. The first-order valence-electron chi connectivity index (χ1n) is 9.28. The van der Waals surface area contributed by atoms with Crippen LogP contribution in [0.1, 0.15) is 69.1 Å². The molecule has 1 unspecified atom stereocenters. The van der Waals surface area contributed by atoms with Gasteiger partial charge in [0.15, 0.2) is 0 Å². The summed E-state index contributed by atoms with van der Waals surface area (Å²) in [4.78, 5) is 11.4.